The standard InChI is InChI=1S/C16H21N3O2/c1-20-15-4-2-3-5-16(15)21-9-7-13-10-14(19-18-13)12-6-8-17-11-12/h2-5,10,12,17H,6-9,11H2,1H3,(H,18,19)/t12-/m0/s1. The van der Waals surface area contributed by atoms with Crippen LogP contribution in [0, 0.1) is 0 Å². The molecule has 2 N–H and O–H groups in total. The molecule has 0 bridgehead atoms. The average Bonchev–Trinajstić information content (AvgIpc) is 3.18. The van der Waals surface area contributed by atoms with Crippen molar-refractivity contribution in [3.63, 3.8) is 0 Å². The first-order valence-electron chi connectivity index (χ1n) is 7.37. The molecular formula is C16H21N3O2. The molecule has 2 heterocycles. The maximum atomic E-state index is 5.78. The van der Waals surface area contributed by atoms with E-state index in [9.17, 15) is 0 Å². The summed E-state index contributed by atoms with van der Waals surface area (Å²) in [6.45, 7) is 2.72. The zero-order valence-electron chi connectivity index (χ0n) is 12.3. The number of H-pyrrole nitrogens is 1. The fourth-order valence-electron chi connectivity index (χ4n) is 2.63. The maximum absolute atomic E-state index is 5.78. The zero-order chi connectivity index (χ0) is 14.5. The van der Waals surface area contributed by atoms with Crippen molar-refractivity contribution in [2.24, 2.45) is 0 Å². The molecule has 0 spiro atoms. The van der Waals surface area contributed by atoms with Gasteiger partial charge in [0.25, 0.3) is 0 Å². The molecule has 5 nitrogen and oxygen atoms in total. The Morgan fingerprint density at radius 2 is 2.14 bits per heavy atom. The lowest BCUT2D eigenvalue weighted by Crippen LogP contribution is -2.08. The fraction of sp³-hybridized carbons (Fsp3) is 0.438. The third kappa shape index (κ3) is 3.36. The number of para-hydroxylation sites is 2. The summed E-state index contributed by atoms with van der Waals surface area (Å²) < 4.78 is 11.0. The molecule has 0 unspecified atom stereocenters. The lowest BCUT2D eigenvalue weighted by Gasteiger charge is -2.09. The van der Waals surface area contributed by atoms with E-state index in [0.717, 1.165) is 42.4 Å². The van der Waals surface area contributed by atoms with Crippen molar-refractivity contribution in [2.75, 3.05) is 26.8 Å². The summed E-state index contributed by atoms with van der Waals surface area (Å²) in [5.41, 5.74) is 2.28. The van der Waals surface area contributed by atoms with Gasteiger partial charge in [0.1, 0.15) is 0 Å². The predicted molar refractivity (Wildman–Crippen MR) is 81.0 cm³/mol. The van der Waals surface area contributed by atoms with Crippen molar-refractivity contribution in [1.29, 1.82) is 0 Å². The number of aromatic nitrogens is 2. The number of ether oxygens (including phenoxy) is 2. The van der Waals surface area contributed by atoms with Crippen molar-refractivity contribution >= 4 is 0 Å². The second-order valence-electron chi connectivity index (χ2n) is 5.26. The van der Waals surface area contributed by atoms with E-state index in [1.807, 2.05) is 24.3 Å². The molecule has 1 atom stereocenters. The minimum absolute atomic E-state index is 0.546. The van der Waals surface area contributed by atoms with Gasteiger partial charge in [0.2, 0.25) is 0 Å². The summed E-state index contributed by atoms with van der Waals surface area (Å²) in [6.07, 6.45) is 1.98. The Kier molecular flexibility index (Phi) is 4.40. The van der Waals surface area contributed by atoms with Gasteiger partial charge in [0.15, 0.2) is 11.5 Å². The lowest BCUT2D eigenvalue weighted by atomic mass is 10.0. The highest BCUT2D eigenvalue weighted by Gasteiger charge is 2.19. The lowest BCUT2D eigenvalue weighted by molar-refractivity contribution is 0.296. The van der Waals surface area contributed by atoms with Crippen LogP contribution in [0.5, 0.6) is 11.5 Å². The summed E-state index contributed by atoms with van der Waals surface area (Å²) in [5, 5.41) is 10.9. The van der Waals surface area contributed by atoms with E-state index in [2.05, 4.69) is 21.6 Å². The van der Waals surface area contributed by atoms with Crippen LogP contribution in [0.4, 0.5) is 0 Å². The van der Waals surface area contributed by atoms with Crippen LogP contribution in [0.25, 0.3) is 0 Å². The van der Waals surface area contributed by atoms with Crippen LogP contribution >= 0.6 is 0 Å². The molecule has 5 heteroatoms. The summed E-state index contributed by atoms with van der Waals surface area (Å²) in [5.74, 6) is 2.09. The number of nitrogens with one attached hydrogen (secondary N) is 2. The molecule has 1 aliphatic heterocycles. The largest absolute Gasteiger partial charge is 0.493 e. The number of methoxy groups -OCH3 is 1. The molecule has 1 saturated heterocycles. The van der Waals surface area contributed by atoms with Gasteiger partial charge in [-0.1, -0.05) is 12.1 Å². The smallest absolute Gasteiger partial charge is 0.161 e. The number of benzene rings is 1. The van der Waals surface area contributed by atoms with Crippen LogP contribution in [0.3, 0.4) is 0 Å². The Labute approximate surface area is 124 Å². The molecule has 112 valence electrons. The highest BCUT2D eigenvalue weighted by molar-refractivity contribution is 5.39. The van der Waals surface area contributed by atoms with E-state index in [-0.39, 0.29) is 0 Å². The van der Waals surface area contributed by atoms with Crippen molar-refractivity contribution in [2.45, 2.75) is 18.8 Å². The van der Waals surface area contributed by atoms with Gasteiger partial charge >= 0.3 is 0 Å². The zero-order valence-corrected chi connectivity index (χ0v) is 12.3. The van der Waals surface area contributed by atoms with Crippen LogP contribution in [0.1, 0.15) is 23.7 Å². The number of hydrogen-bond acceptors (Lipinski definition) is 4. The van der Waals surface area contributed by atoms with Gasteiger partial charge in [-0.15, -0.1) is 0 Å². The van der Waals surface area contributed by atoms with E-state index in [1.165, 1.54) is 6.42 Å². The van der Waals surface area contributed by atoms with Crippen LogP contribution in [-0.2, 0) is 6.42 Å². The molecule has 1 aromatic carbocycles. The molecule has 1 fully saturated rings. The number of hydrogen-bond donors (Lipinski definition) is 2. The van der Waals surface area contributed by atoms with Gasteiger partial charge in [-0.25, -0.2) is 0 Å². The minimum atomic E-state index is 0.546. The van der Waals surface area contributed by atoms with Crippen molar-refractivity contribution in [3.05, 3.63) is 41.7 Å². The number of aromatic amines is 1. The van der Waals surface area contributed by atoms with Crippen molar-refractivity contribution in [3.8, 4) is 11.5 Å². The van der Waals surface area contributed by atoms with Gasteiger partial charge in [-0.05, 0) is 31.2 Å². The first-order valence-corrected chi connectivity index (χ1v) is 7.37. The summed E-state index contributed by atoms with van der Waals surface area (Å²) in [6, 6.07) is 9.85. The van der Waals surface area contributed by atoms with E-state index in [0.29, 0.717) is 12.5 Å². The van der Waals surface area contributed by atoms with Crippen molar-refractivity contribution < 1.29 is 9.47 Å². The Balaban J connectivity index is 1.53. The Hall–Kier alpha value is -2.01. The van der Waals surface area contributed by atoms with E-state index in [4.69, 9.17) is 9.47 Å². The van der Waals surface area contributed by atoms with E-state index >= 15 is 0 Å². The van der Waals surface area contributed by atoms with Gasteiger partial charge in [-0.2, -0.15) is 5.10 Å². The summed E-state index contributed by atoms with van der Waals surface area (Å²) >= 11 is 0. The van der Waals surface area contributed by atoms with Crippen LogP contribution in [-0.4, -0.2) is 37.0 Å². The third-order valence-corrected chi connectivity index (χ3v) is 3.83. The molecule has 0 radical (unpaired) electrons. The van der Waals surface area contributed by atoms with Crippen molar-refractivity contribution in [1.82, 2.24) is 15.5 Å². The first-order chi connectivity index (χ1) is 10.4. The third-order valence-electron chi connectivity index (χ3n) is 3.83. The van der Waals surface area contributed by atoms with Crippen LogP contribution in [0.15, 0.2) is 30.3 Å². The highest BCUT2D eigenvalue weighted by atomic mass is 16.5. The summed E-state index contributed by atoms with van der Waals surface area (Å²) in [7, 11) is 1.65. The Bertz CT molecular complexity index is 576. The van der Waals surface area contributed by atoms with Crippen LogP contribution in [0.2, 0.25) is 0 Å². The monoisotopic (exact) mass is 287 g/mol. The van der Waals surface area contributed by atoms with Gasteiger partial charge in [-0.3, -0.25) is 5.10 Å². The van der Waals surface area contributed by atoms with E-state index in [1.54, 1.807) is 7.11 Å². The topological polar surface area (TPSA) is 59.2 Å². The molecule has 3 rings (SSSR count). The van der Waals surface area contributed by atoms with Gasteiger partial charge < -0.3 is 14.8 Å². The molecule has 0 amide bonds. The minimum Gasteiger partial charge on any atom is -0.493 e. The average molecular weight is 287 g/mol. The molecule has 21 heavy (non-hydrogen) atoms. The van der Waals surface area contributed by atoms with Gasteiger partial charge in [0.05, 0.1) is 19.4 Å². The Morgan fingerprint density at radius 3 is 2.90 bits per heavy atom. The first kappa shape index (κ1) is 13.9. The second-order valence-corrected chi connectivity index (χ2v) is 5.26. The fourth-order valence-corrected chi connectivity index (χ4v) is 2.63. The number of rotatable bonds is 6. The summed E-state index contributed by atoms with van der Waals surface area (Å²) in [4.78, 5) is 0. The highest BCUT2D eigenvalue weighted by Crippen LogP contribution is 2.26. The molecule has 2 aromatic rings. The molecule has 1 aliphatic rings. The normalized spacial score (nSPS) is 17.9. The molecule has 0 aliphatic carbocycles. The second kappa shape index (κ2) is 6.63. The molecular weight excluding hydrogens is 266 g/mol. The molecule has 0 saturated carbocycles. The van der Waals surface area contributed by atoms with E-state index < -0.39 is 0 Å². The quantitative estimate of drug-likeness (QED) is 0.854. The molecule has 1 aromatic heterocycles. The van der Waals surface area contributed by atoms with Crippen LogP contribution < -0.4 is 14.8 Å². The number of nitrogens with zero attached hydrogens (tertiary/aromatic N) is 1. The maximum Gasteiger partial charge on any atom is 0.161 e. The van der Waals surface area contributed by atoms with Gasteiger partial charge in [0, 0.05) is 24.6 Å². The predicted octanol–water partition coefficient (Wildman–Crippen LogP) is 2.12. The SMILES string of the molecule is COc1ccccc1OCCc1cc([C@H]2CCNC2)n[nH]1. The Morgan fingerprint density at radius 1 is 1.29 bits per heavy atom.